The summed E-state index contributed by atoms with van der Waals surface area (Å²) in [6.45, 7) is 2.91. The van der Waals surface area contributed by atoms with Crippen LogP contribution in [-0.4, -0.2) is 29.9 Å². The summed E-state index contributed by atoms with van der Waals surface area (Å²) in [4.78, 5) is 14.7. The molecule has 4 heteroatoms. The number of carbonyl (C=O) groups excluding carboxylic acids is 1. The van der Waals surface area contributed by atoms with E-state index in [1.807, 2.05) is 30.3 Å². The number of likely N-dealkylation sites (tertiary alicyclic amines) is 1. The molecule has 114 valence electrons. The topological polar surface area (TPSA) is 32.3 Å². The molecule has 0 unspecified atom stereocenters. The number of carbonyl (C=O) groups is 1. The summed E-state index contributed by atoms with van der Waals surface area (Å²) < 4.78 is 1.09. The normalized spacial score (nSPS) is 18.3. The molecule has 2 aromatic rings. The SMILES string of the molecule is O=C(N[C@@H]1CCN(Cc2ccccc2)C1)c1cccc(I)c1. The van der Waals surface area contributed by atoms with Crippen molar-refractivity contribution in [3.8, 4) is 0 Å². The lowest BCUT2D eigenvalue weighted by atomic mass is 10.2. The van der Waals surface area contributed by atoms with Crippen molar-refractivity contribution in [3.05, 3.63) is 69.3 Å². The van der Waals surface area contributed by atoms with Gasteiger partial charge in [-0.2, -0.15) is 0 Å². The molecule has 1 atom stereocenters. The summed E-state index contributed by atoms with van der Waals surface area (Å²) in [5.41, 5.74) is 2.07. The summed E-state index contributed by atoms with van der Waals surface area (Å²) in [5.74, 6) is 0.0325. The third-order valence-corrected chi connectivity index (χ3v) is 4.61. The lowest BCUT2D eigenvalue weighted by molar-refractivity contribution is 0.0937. The highest BCUT2D eigenvalue weighted by Crippen LogP contribution is 2.14. The first-order chi connectivity index (χ1) is 10.7. The minimum absolute atomic E-state index is 0.0325. The largest absolute Gasteiger partial charge is 0.348 e. The fraction of sp³-hybridized carbons (Fsp3) is 0.278. The predicted molar refractivity (Wildman–Crippen MR) is 96.7 cm³/mol. The van der Waals surface area contributed by atoms with E-state index in [0.29, 0.717) is 0 Å². The summed E-state index contributed by atoms with van der Waals surface area (Å²) in [7, 11) is 0. The summed E-state index contributed by atoms with van der Waals surface area (Å²) in [6, 6.07) is 18.4. The molecule has 1 fully saturated rings. The van der Waals surface area contributed by atoms with Crippen molar-refractivity contribution in [2.45, 2.75) is 19.0 Å². The molecule has 1 aliphatic rings. The van der Waals surface area contributed by atoms with Crippen LogP contribution in [0.3, 0.4) is 0 Å². The first kappa shape index (κ1) is 15.5. The molecule has 0 aromatic heterocycles. The number of hydrogen-bond donors (Lipinski definition) is 1. The first-order valence-corrected chi connectivity index (χ1v) is 8.61. The van der Waals surface area contributed by atoms with Crippen LogP contribution < -0.4 is 5.32 Å². The molecule has 1 N–H and O–H groups in total. The van der Waals surface area contributed by atoms with Crippen LogP contribution in [0, 0.1) is 3.57 Å². The molecule has 0 radical (unpaired) electrons. The van der Waals surface area contributed by atoms with E-state index in [-0.39, 0.29) is 11.9 Å². The minimum atomic E-state index is 0.0325. The van der Waals surface area contributed by atoms with Gasteiger partial charge in [0.2, 0.25) is 0 Å². The molecule has 2 aromatic carbocycles. The van der Waals surface area contributed by atoms with Crippen LogP contribution in [0.4, 0.5) is 0 Å². The van der Waals surface area contributed by atoms with E-state index in [9.17, 15) is 4.79 Å². The lowest BCUT2D eigenvalue weighted by Crippen LogP contribution is -2.37. The van der Waals surface area contributed by atoms with Crippen molar-refractivity contribution in [1.82, 2.24) is 10.2 Å². The quantitative estimate of drug-likeness (QED) is 0.791. The van der Waals surface area contributed by atoms with Crippen LogP contribution in [0.15, 0.2) is 54.6 Å². The second-order valence-electron chi connectivity index (χ2n) is 5.69. The Balaban J connectivity index is 1.54. The summed E-state index contributed by atoms with van der Waals surface area (Å²) in [6.07, 6.45) is 1.02. The molecule has 3 nitrogen and oxygen atoms in total. The van der Waals surface area contributed by atoms with E-state index in [4.69, 9.17) is 0 Å². The van der Waals surface area contributed by atoms with Crippen LogP contribution in [0.2, 0.25) is 0 Å². The molecule has 22 heavy (non-hydrogen) atoms. The molecule has 3 rings (SSSR count). The zero-order valence-electron chi connectivity index (χ0n) is 12.3. The highest BCUT2D eigenvalue weighted by Gasteiger charge is 2.24. The van der Waals surface area contributed by atoms with Gasteiger partial charge >= 0.3 is 0 Å². The zero-order chi connectivity index (χ0) is 15.4. The van der Waals surface area contributed by atoms with Gasteiger partial charge in [0, 0.05) is 34.8 Å². The highest BCUT2D eigenvalue weighted by molar-refractivity contribution is 14.1. The number of benzene rings is 2. The second kappa shape index (κ2) is 7.24. The Morgan fingerprint density at radius 1 is 1.18 bits per heavy atom. The second-order valence-corrected chi connectivity index (χ2v) is 6.94. The van der Waals surface area contributed by atoms with Crippen LogP contribution in [-0.2, 0) is 6.54 Å². The maximum atomic E-state index is 12.3. The molecule has 1 aliphatic heterocycles. The molecule has 0 bridgehead atoms. The van der Waals surface area contributed by atoms with Crippen molar-refractivity contribution in [2.24, 2.45) is 0 Å². The van der Waals surface area contributed by atoms with Gasteiger partial charge in [-0.25, -0.2) is 0 Å². The number of nitrogens with zero attached hydrogens (tertiary/aromatic N) is 1. The minimum Gasteiger partial charge on any atom is -0.348 e. The monoisotopic (exact) mass is 406 g/mol. The number of hydrogen-bond acceptors (Lipinski definition) is 2. The van der Waals surface area contributed by atoms with Crippen LogP contribution in [0.5, 0.6) is 0 Å². The smallest absolute Gasteiger partial charge is 0.251 e. The van der Waals surface area contributed by atoms with Gasteiger partial charge in [-0.1, -0.05) is 36.4 Å². The van der Waals surface area contributed by atoms with Crippen molar-refractivity contribution < 1.29 is 4.79 Å². The zero-order valence-corrected chi connectivity index (χ0v) is 14.5. The Bertz CT molecular complexity index is 645. The number of rotatable bonds is 4. The molecule has 0 saturated carbocycles. The first-order valence-electron chi connectivity index (χ1n) is 7.53. The predicted octanol–water partition coefficient (Wildman–Crippen LogP) is 3.30. The number of amides is 1. The summed E-state index contributed by atoms with van der Waals surface area (Å²) >= 11 is 2.23. The highest BCUT2D eigenvalue weighted by atomic mass is 127. The van der Waals surface area contributed by atoms with Crippen molar-refractivity contribution in [1.29, 1.82) is 0 Å². The average molecular weight is 406 g/mol. The van der Waals surface area contributed by atoms with Crippen LogP contribution in [0.25, 0.3) is 0 Å². The van der Waals surface area contributed by atoms with E-state index >= 15 is 0 Å². The Kier molecular flexibility index (Phi) is 5.10. The van der Waals surface area contributed by atoms with Gasteiger partial charge in [-0.15, -0.1) is 0 Å². The molecule has 1 saturated heterocycles. The molecular formula is C18H19IN2O. The number of nitrogens with one attached hydrogen (secondary N) is 1. The van der Waals surface area contributed by atoms with Gasteiger partial charge in [-0.3, -0.25) is 9.69 Å². The standard InChI is InChI=1S/C18H19IN2O/c19-16-8-4-7-15(11-16)18(22)20-17-9-10-21(13-17)12-14-5-2-1-3-6-14/h1-8,11,17H,9-10,12-13H2,(H,20,22)/t17-/m1/s1. The van der Waals surface area contributed by atoms with Gasteiger partial charge < -0.3 is 5.32 Å². The molecule has 1 amide bonds. The fourth-order valence-electron chi connectivity index (χ4n) is 2.83. The Morgan fingerprint density at radius 3 is 2.77 bits per heavy atom. The molecular weight excluding hydrogens is 387 g/mol. The third kappa shape index (κ3) is 4.08. The Morgan fingerprint density at radius 2 is 2.00 bits per heavy atom. The van der Waals surface area contributed by atoms with Gasteiger partial charge in [-0.05, 0) is 52.8 Å². The Hall–Kier alpha value is -1.40. The van der Waals surface area contributed by atoms with E-state index in [1.165, 1.54) is 5.56 Å². The Labute approximate surface area is 144 Å². The number of halogens is 1. The lowest BCUT2D eigenvalue weighted by Gasteiger charge is -2.17. The van der Waals surface area contributed by atoms with Gasteiger partial charge in [0.15, 0.2) is 0 Å². The van der Waals surface area contributed by atoms with E-state index in [1.54, 1.807) is 0 Å². The van der Waals surface area contributed by atoms with Crippen molar-refractivity contribution in [2.75, 3.05) is 13.1 Å². The maximum Gasteiger partial charge on any atom is 0.251 e. The van der Waals surface area contributed by atoms with Gasteiger partial charge in [0.1, 0.15) is 0 Å². The average Bonchev–Trinajstić information content (AvgIpc) is 2.95. The van der Waals surface area contributed by atoms with E-state index < -0.39 is 0 Å². The van der Waals surface area contributed by atoms with Crippen LogP contribution >= 0.6 is 22.6 Å². The van der Waals surface area contributed by atoms with Crippen LogP contribution in [0.1, 0.15) is 22.3 Å². The third-order valence-electron chi connectivity index (χ3n) is 3.94. The molecule has 1 heterocycles. The summed E-state index contributed by atoms with van der Waals surface area (Å²) in [5, 5.41) is 3.15. The van der Waals surface area contributed by atoms with E-state index in [2.05, 4.69) is 57.1 Å². The van der Waals surface area contributed by atoms with Gasteiger partial charge in [0.25, 0.3) is 5.91 Å². The fourth-order valence-corrected chi connectivity index (χ4v) is 3.38. The maximum absolute atomic E-state index is 12.3. The molecule has 0 spiro atoms. The van der Waals surface area contributed by atoms with Crippen molar-refractivity contribution in [3.63, 3.8) is 0 Å². The molecule has 0 aliphatic carbocycles. The van der Waals surface area contributed by atoms with Crippen molar-refractivity contribution >= 4 is 28.5 Å². The van der Waals surface area contributed by atoms with E-state index in [0.717, 1.165) is 35.2 Å². The van der Waals surface area contributed by atoms with Gasteiger partial charge in [0.05, 0.1) is 0 Å².